The van der Waals surface area contributed by atoms with Crippen molar-refractivity contribution in [1.29, 1.82) is 0 Å². The van der Waals surface area contributed by atoms with Gasteiger partial charge < -0.3 is 39.4 Å². The Balaban J connectivity index is 0.000000133. The number of aromatic hydroxyl groups is 2. The van der Waals surface area contributed by atoms with E-state index in [0.717, 1.165) is 130 Å². The van der Waals surface area contributed by atoms with Crippen molar-refractivity contribution < 1.29 is 39.4 Å². The molecule has 10 atom stereocenters. The molecule has 2 saturated heterocycles. The van der Waals surface area contributed by atoms with Crippen LogP contribution in [0.1, 0.15) is 112 Å². The highest BCUT2D eigenvalue weighted by atomic mass is 16.6. The van der Waals surface area contributed by atoms with Crippen LogP contribution in [0.15, 0.2) is 36.4 Å². The third kappa shape index (κ3) is 7.63. The second kappa shape index (κ2) is 17.0. The first kappa shape index (κ1) is 41.1. The van der Waals surface area contributed by atoms with Gasteiger partial charge in [0.25, 0.3) is 0 Å². The number of ether oxygens (including phenoxy) is 4. The molecule has 0 aromatic heterocycles. The Bertz CT molecular complexity index is 1600. The van der Waals surface area contributed by atoms with Gasteiger partial charge >= 0.3 is 0 Å². The average molecular weight is 769 g/mol. The number of benzene rings is 2. The fraction of sp³-hybridized carbons (Fsp3) is 0.667. The summed E-state index contributed by atoms with van der Waals surface area (Å²) in [5.74, 6) is 9.64. The molecule has 6 aliphatic carbocycles. The van der Waals surface area contributed by atoms with Crippen molar-refractivity contribution in [2.24, 2.45) is 34.5 Å². The molecule has 56 heavy (non-hydrogen) atoms. The van der Waals surface area contributed by atoms with Crippen molar-refractivity contribution in [3.05, 3.63) is 58.7 Å². The van der Waals surface area contributed by atoms with Gasteiger partial charge in [-0.25, -0.2) is 0 Å². The van der Waals surface area contributed by atoms with E-state index in [4.69, 9.17) is 31.8 Å². The minimum atomic E-state index is -0.919. The largest absolute Gasteiger partial charge is 0.508 e. The van der Waals surface area contributed by atoms with Crippen LogP contribution in [-0.4, -0.2) is 84.5 Å². The average Bonchev–Trinajstić information content (AvgIpc) is 3.68. The number of phenols is 2. The van der Waals surface area contributed by atoms with Gasteiger partial charge in [-0.15, -0.1) is 12.8 Å². The highest BCUT2D eigenvalue weighted by Gasteiger charge is 2.62. The Labute approximate surface area is 334 Å². The molecule has 2 heterocycles. The van der Waals surface area contributed by atoms with E-state index in [2.05, 4.69) is 37.8 Å². The van der Waals surface area contributed by atoms with Gasteiger partial charge in [-0.3, -0.25) is 0 Å². The molecular formula is C48H64O8. The van der Waals surface area contributed by atoms with E-state index >= 15 is 0 Å². The molecule has 2 aliphatic heterocycles. The van der Waals surface area contributed by atoms with E-state index in [9.17, 15) is 20.4 Å². The molecule has 2 aromatic rings. The number of rotatable bonds is 0. The molecule has 304 valence electrons. The van der Waals surface area contributed by atoms with Crippen molar-refractivity contribution in [3.63, 3.8) is 0 Å². The topological polar surface area (TPSA) is 118 Å². The quantitative estimate of drug-likeness (QED) is 0.207. The Morgan fingerprint density at radius 1 is 0.536 bits per heavy atom. The summed E-state index contributed by atoms with van der Waals surface area (Å²) in [7, 11) is 0. The normalized spacial score (nSPS) is 38.8. The van der Waals surface area contributed by atoms with Crippen LogP contribution < -0.4 is 0 Å². The minimum Gasteiger partial charge on any atom is -0.508 e. The number of aliphatic hydroxyl groups is 2. The SMILES string of the molecule is C#C[C@]1(O)CC[C@H]2[C@@H]3CCc4cc(O)ccc4[C@H]3CC[C@@]21C.C#C[C@]1(O)CC[C@H]2[C@@H]3CCc4cc(O)ccc4[C@H]3CC[C@@]21C.C1COCCO1.C1COCCO1. The number of fused-ring (bicyclic) bond motifs is 10. The summed E-state index contributed by atoms with van der Waals surface area (Å²) in [4.78, 5) is 0. The summed E-state index contributed by atoms with van der Waals surface area (Å²) in [6.07, 6.45) is 23.5. The summed E-state index contributed by atoms with van der Waals surface area (Å²) < 4.78 is 19.8. The molecule has 0 spiro atoms. The third-order valence-electron chi connectivity index (χ3n) is 15.7. The molecule has 4 N–H and O–H groups in total. The van der Waals surface area contributed by atoms with Gasteiger partial charge in [0.15, 0.2) is 0 Å². The summed E-state index contributed by atoms with van der Waals surface area (Å²) in [5, 5.41) is 41.3. The molecule has 10 rings (SSSR count). The monoisotopic (exact) mass is 768 g/mol. The number of hydrogen-bond acceptors (Lipinski definition) is 8. The molecular weight excluding hydrogens is 705 g/mol. The molecule has 0 radical (unpaired) electrons. The van der Waals surface area contributed by atoms with Crippen LogP contribution in [0, 0.1) is 59.2 Å². The van der Waals surface area contributed by atoms with Crippen molar-refractivity contribution in [2.75, 3.05) is 52.9 Å². The van der Waals surface area contributed by atoms with E-state index in [1.165, 1.54) is 22.3 Å². The van der Waals surface area contributed by atoms with Crippen molar-refractivity contribution in [3.8, 4) is 36.2 Å². The van der Waals surface area contributed by atoms with Gasteiger partial charge in [-0.1, -0.05) is 37.8 Å². The maximum absolute atomic E-state index is 10.9. The Kier molecular flexibility index (Phi) is 12.5. The van der Waals surface area contributed by atoms with E-state index < -0.39 is 11.2 Å². The van der Waals surface area contributed by atoms with Crippen LogP contribution in [0.5, 0.6) is 11.5 Å². The van der Waals surface area contributed by atoms with E-state index in [1.807, 2.05) is 24.3 Å². The molecule has 8 heteroatoms. The summed E-state index contributed by atoms with van der Waals surface area (Å²) in [5.41, 5.74) is 3.38. The highest BCUT2D eigenvalue weighted by molar-refractivity contribution is 5.42. The fourth-order valence-corrected chi connectivity index (χ4v) is 12.5. The molecule has 0 unspecified atom stereocenters. The summed E-state index contributed by atoms with van der Waals surface area (Å²) in [6, 6.07) is 11.7. The first-order chi connectivity index (χ1) is 27.0. The Morgan fingerprint density at radius 2 is 0.893 bits per heavy atom. The van der Waals surface area contributed by atoms with Gasteiger partial charge in [-0.05, 0) is 159 Å². The molecule has 6 fully saturated rings. The lowest BCUT2D eigenvalue weighted by atomic mass is 9.53. The van der Waals surface area contributed by atoms with E-state index in [0.29, 0.717) is 47.0 Å². The second-order valence-electron chi connectivity index (χ2n) is 18.0. The third-order valence-corrected chi connectivity index (χ3v) is 15.7. The standard InChI is InChI=1S/2C20H24O2.2C4H8O2/c2*1-3-20(22)11-9-18-17-6-4-13-12-14(21)5-7-15(13)16(17)8-10-19(18,20)2;2*1-2-6-4-3-5-1/h2*1,5,7,12,16-18,21-22H,4,6,8-11H2,2H3;2*1-4H2/t2*16-,17-,18+,19+,20+;;/m11../s1. The van der Waals surface area contributed by atoms with Crippen LogP contribution in [-0.2, 0) is 31.8 Å². The van der Waals surface area contributed by atoms with Crippen LogP contribution in [0.25, 0.3) is 0 Å². The maximum Gasteiger partial charge on any atom is 0.130 e. The van der Waals surface area contributed by atoms with Gasteiger partial charge in [-0.2, -0.15) is 0 Å². The Hall–Kier alpha value is -3.08. The van der Waals surface area contributed by atoms with Gasteiger partial charge in [0, 0.05) is 10.8 Å². The lowest BCUT2D eigenvalue weighted by Gasteiger charge is -2.52. The summed E-state index contributed by atoms with van der Waals surface area (Å²) in [6.45, 7) is 10.7. The number of phenolic OH excluding ortho intramolecular Hbond substituents is 2. The Morgan fingerprint density at radius 3 is 1.21 bits per heavy atom. The zero-order valence-corrected chi connectivity index (χ0v) is 33.6. The van der Waals surface area contributed by atoms with Crippen molar-refractivity contribution >= 4 is 0 Å². The predicted octanol–water partition coefficient (Wildman–Crippen LogP) is 7.29. The van der Waals surface area contributed by atoms with Crippen LogP contribution >= 0.6 is 0 Å². The number of hydrogen-bond donors (Lipinski definition) is 4. The zero-order chi connectivity index (χ0) is 39.6. The van der Waals surface area contributed by atoms with Gasteiger partial charge in [0.1, 0.15) is 22.7 Å². The minimum absolute atomic E-state index is 0.128. The molecule has 8 nitrogen and oxygen atoms in total. The number of terminal acetylenes is 2. The zero-order valence-electron chi connectivity index (χ0n) is 33.6. The molecule has 0 bridgehead atoms. The van der Waals surface area contributed by atoms with E-state index in [-0.39, 0.29) is 10.8 Å². The smallest absolute Gasteiger partial charge is 0.130 e. The van der Waals surface area contributed by atoms with Crippen LogP contribution in [0.3, 0.4) is 0 Å². The van der Waals surface area contributed by atoms with Crippen molar-refractivity contribution in [2.45, 2.75) is 114 Å². The fourth-order valence-electron chi connectivity index (χ4n) is 12.5. The van der Waals surface area contributed by atoms with Gasteiger partial charge in [0.05, 0.1) is 52.9 Å². The van der Waals surface area contributed by atoms with Crippen molar-refractivity contribution in [1.82, 2.24) is 0 Å². The lowest BCUT2D eigenvalue weighted by molar-refractivity contribution is -0.0647. The molecule has 8 aliphatic rings. The lowest BCUT2D eigenvalue weighted by Crippen LogP contribution is -2.50. The van der Waals surface area contributed by atoms with Gasteiger partial charge in [0.2, 0.25) is 0 Å². The molecule has 2 aromatic carbocycles. The molecule has 4 saturated carbocycles. The first-order valence-corrected chi connectivity index (χ1v) is 21.3. The number of aryl methyl sites for hydroxylation is 2. The van der Waals surface area contributed by atoms with Crippen LogP contribution in [0.2, 0.25) is 0 Å². The highest BCUT2D eigenvalue weighted by Crippen LogP contribution is 2.65. The summed E-state index contributed by atoms with van der Waals surface area (Å²) >= 11 is 0. The van der Waals surface area contributed by atoms with E-state index in [1.54, 1.807) is 0 Å². The molecule has 0 amide bonds. The maximum atomic E-state index is 10.9. The second-order valence-corrected chi connectivity index (χ2v) is 18.0. The first-order valence-electron chi connectivity index (χ1n) is 21.3. The predicted molar refractivity (Wildman–Crippen MR) is 216 cm³/mol. The van der Waals surface area contributed by atoms with Crippen LogP contribution in [0.4, 0.5) is 0 Å².